The van der Waals surface area contributed by atoms with Crippen LogP contribution in [0.1, 0.15) is 25.8 Å². The molecule has 0 unspecified atom stereocenters. The highest BCUT2D eigenvalue weighted by Gasteiger charge is 2.31. The van der Waals surface area contributed by atoms with Crippen molar-refractivity contribution >= 4 is 73.9 Å². The molecule has 186 valence electrons. The zero-order chi connectivity index (χ0) is 25.6. The third-order valence-electron chi connectivity index (χ3n) is 4.95. The normalized spacial score (nSPS) is 12.2. The molecular formula is C22H25Cl4N3O4S. The zero-order valence-corrected chi connectivity index (χ0v) is 22.7. The molecule has 0 radical (unpaired) electrons. The number of carbonyl (C=O) groups excluding carboxylic acids is 2. The maximum atomic E-state index is 13.5. The minimum absolute atomic E-state index is 0.0107. The molecule has 0 saturated heterocycles. The molecule has 1 atom stereocenters. The molecule has 0 aliphatic rings. The van der Waals surface area contributed by atoms with Crippen LogP contribution in [0, 0.1) is 0 Å². The number of benzene rings is 2. The van der Waals surface area contributed by atoms with Gasteiger partial charge in [0.15, 0.2) is 0 Å². The van der Waals surface area contributed by atoms with Gasteiger partial charge in [0.1, 0.15) is 12.6 Å². The Kier molecular flexibility index (Phi) is 10.3. The molecule has 1 N–H and O–H groups in total. The summed E-state index contributed by atoms with van der Waals surface area (Å²) < 4.78 is 26.0. The van der Waals surface area contributed by atoms with Crippen LogP contribution in [0.3, 0.4) is 0 Å². The number of amides is 2. The molecule has 0 saturated carbocycles. The van der Waals surface area contributed by atoms with Crippen LogP contribution in [-0.4, -0.2) is 50.5 Å². The van der Waals surface area contributed by atoms with Crippen LogP contribution >= 0.6 is 46.4 Å². The molecule has 0 heterocycles. The van der Waals surface area contributed by atoms with Crippen LogP contribution in [-0.2, 0) is 26.2 Å². The highest BCUT2D eigenvalue weighted by atomic mass is 35.5. The van der Waals surface area contributed by atoms with Crippen molar-refractivity contribution in [1.82, 2.24) is 10.2 Å². The minimum Gasteiger partial charge on any atom is -0.354 e. The van der Waals surface area contributed by atoms with Gasteiger partial charge < -0.3 is 10.2 Å². The summed E-state index contributed by atoms with van der Waals surface area (Å²) in [5.41, 5.74) is 0.596. The van der Waals surface area contributed by atoms with Crippen LogP contribution in [0.25, 0.3) is 0 Å². The number of nitrogens with one attached hydrogen (secondary N) is 1. The fraction of sp³-hybridized carbons (Fsp3) is 0.364. The van der Waals surface area contributed by atoms with Crippen molar-refractivity contribution in [2.24, 2.45) is 0 Å². The first-order valence-electron chi connectivity index (χ1n) is 10.3. The fourth-order valence-corrected chi connectivity index (χ4v) is 4.86. The number of hydrogen-bond acceptors (Lipinski definition) is 4. The highest BCUT2D eigenvalue weighted by Crippen LogP contribution is 2.34. The topological polar surface area (TPSA) is 86.8 Å². The number of hydrogen-bond donors (Lipinski definition) is 1. The van der Waals surface area contributed by atoms with Gasteiger partial charge in [-0.2, -0.15) is 0 Å². The predicted molar refractivity (Wildman–Crippen MR) is 138 cm³/mol. The Hall–Kier alpha value is -1.71. The van der Waals surface area contributed by atoms with Crippen molar-refractivity contribution in [2.75, 3.05) is 23.7 Å². The summed E-state index contributed by atoms with van der Waals surface area (Å²) in [6.45, 7) is 3.25. The number of carbonyl (C=O) groups is 2. The van der Waals surface area contributed by atoms with Crippen LogP contribution < -0.4 is 9.62 Å². The van der Waals surface area contributed by atoms with Crippen molar-refractivity contribution in [2.45, 2.75) is 32.9 Å². The van der Waals surface area contributed by atoms with Gasteiger partial charge in [-0.1, -0.05) is 65.5 Å². The van der Waals surface area contributed by atoms with Crippen molar-refractivity contribution in [3.63, 3.8) is 0 Å². The number of rotatable bonds is 10. The lowest BCUT2D eigenvalue weighted by molar-refractivity contribution is -0.139. The Labute approximate surface area is 220 Å². The van der Waals surface area contributed by atoms with E-state index >= 15 is 0 Å². The molecule has 2 aromatic rings. The number of anilines is 1. The number of sulfonamides is 1. The molecule has 2 rings (SSSR count). The standard InChI is InChI=1S/C22H25Cl4N3O4S/c1-4-10-27-22(31)14(2)28(12-15-8-9-16(23)11-18(15)25)20(30)13-29(34(3,32)33)19-7-5-6-17(24)21(19)26/h5-9,11,14H,4,10,12-13H2,1-3H3,(H,27,31)/t14-/m1/s1. The van der Waals surface area contributed by atoms with Gasteiger partial charge in [-0.25, -0.2) is 8.42 Å². The Bertz CT molecular complexity index is 1160. The summed E-state index contributed by atoms with van der Waals surface area (Å²) in [4.78, 5) is 27.4. The lowest BCUT2D eigenvalue weighted by Crippen LogP contribution is -2.51. The quantitative estimate of drug-likeness (QED) is 0.436. The molecule has 2 aromatic carbocycles. The van der Waals surface area contributed by atoms with E-state index in [-0.39, 0.29) is 28.2 Å². The second kappa shape index (κ2) is 12.3. The average Bonchev–Trinajstić information content (AvgIpc) is 2.76. The largest absolute Gasteiger partial charge is 0.354 e. The molecule has 0 fully saturated rings. The Morgan fingerprint density at radius 3 is 2.32 bits per heavy atom. The SMILES string of the molecule is CCCNC(=O)[C@@H](C)N(Cc1ccc(Cl)cc1Cl)C(=O)CN(c1cccc(Cl)c1Cl)S(C)(=O)=O. The van der Waals surface area contributed by atoms with Gasteiger partial charge in [0.2, 0.25) is 21.8 Å². The molecule has 0 aliphatic carbocycles. The summed E-state index contributed by atoms with van der Waals surface area (Å²) in [5.74, 6) is -1.02. The monoisotopic (exact) mass is 567 g/mol. The summed E-state index contributed by atoms with van der Waals surface area (Å²) >= 11 is 24.6. The minimum atomic E-state index is -3.93. The van der Waals surface area contributed by atoms with E-state index in [0.717, 1.165) is 10.6 Å². The average molecular weight is 569 g/mol. The van der Waals surface area contributed by atoms with Gasteiger partial charge in [-0.15, -0.1) is 0 Å². The lowest BCUT2D eigenvalue weighted by Gasteiger charge is -2.32. The number of nitrogens with zero attached hydrogens (tertiary/aromatic N) is 2. The molecule has 0 bridgehead atoms. The van der Waals surface area contributed by atoms with Gasteiger partial charge >= 0.3 is 0 Å². The fourth-order valence-electron chi connectivity index (χ4n) is 3.09. The van der Waals surface area contributed by atoms with E-state index in [0.29, 0.717) is 28.6 Å². The van der Waals surface area contributed by atoms with E-state index < -0.39 is 28.5 Å². The first-order chi connectivity index (χ1) is 15.9. The Morgan fingerprint density at radius 1 is 1.06 bits per heavy atom. The summed E-state index contributed by atoms with van der Waals surface area (Å²) in [5, 5.41) is 3.60. The van der Waals surface area contributed by atoms with E-state index in [1.54, 1.807) is 19.1 Å². The van der Waals surface area contributed by atoms with E-state index in [2.05, 4.69) is 5.32 Å². The third kappa shape index (κ3) is 7.39. The summed E-state index contributed by atoms with van der Waals surface area (Å²) in [6.07, 6.45) is 1.67. The molecule has 7 nitrogen and oxygen atoms in total. The zero-order valence-electron chi connectivity index (χ0n) is 18.8. The summed E-state index contributed by atoms with van der Waals surface area (Å²) in [7, 11) is -3.93. The van der Waals surface area contributed by atoms with E-state index in [1.807, 2.05) is 6.92 Å². The van der Waals surface area contributed by atoms with Gasteiger partial charge in [-0.05, 0) is 43.2 Å². The van der Waals surface area contributed by atoms with Crippen molar-refractivity contribution in [3.8, 4) is 0 Å². The molecule has 0 aromatic heterocycles. The second-order valence-corrected chi connectivity index (χ2v) is 11.1. The number of halogens is 4. The smallest absolute Gasteiger partial charge is 0.244 e. The van der Waals surface area contributed by atoms with Crippen LogP contribution in [0.4, 0.5) is 5.69 Å². The third-order valence-corrected chi connectivity index (χ3v) is 7.47. The van der Waals surface area contributed by atoms with Crippen molar-refractivity contribution in [1.29, 1.82) is 0 Å². The Morgan fingerprint density at radius 2 is 1.74 bits per heavy atom. The first kappa shape index (κ1) is 28.5. The van der Waals surface area contributed by atoms with Gasteiger partial charge in [-0.3, -0.25) is 13.9 Å². The van der Waals surface area contributed by atoms with Gasteiger partial charge in [0, 0.05) is 23.1 Å². The molecule has 12 heteroatoms. The maximum absolute atomic E-state index is 13.5. The van der Waals surface area contributed by atoms with E-state index in [9.17, 15) is 18.0 Å². The molecular weight excluding hydrogens is 544 g/mol. The van der Waals surface area contributed by atoms with Crippen LogP contribution in [0.2, 0.25) is 20.1 Å². The highest BCUT2D eigenvalue weighted by molar-refractivity contribution is 7.92. The molecule has 2 amide bonds. The first-order valence-corrected chi connectivity index (χ1v) is 13.7. The second-order valence-electron chi connectivity index (χ2n) is 7.57. The van der Waals surface area contributed by atoms with E-state index in [1.165, 1.54) is 29.2 Å². The maximum Gasteiger partial charge on any atom is 0.244 e. The lowest BCUT2D eigenvalue weighted by atomic mass is 10.1. The molecule has 0 spiro atoms. The van der Waals surface area contributed by atoms with E-state index in [4.69, 9.17) is 46.4 Å². The molecule has 0 aliphatic heterocycles. The van der Waals surface area contributed by atoms with Crippen LogP contribution in [0.5, 0.6) is 0 Å². The van der Waals surface area contributed by atoms with Crippen LogP contribution in [0.15, 0.2) is 36.4 Å². The predicted octanol–water partition coefficient (Wildman–Crippen LogP) is 5.01. The summed E-state index contributed by atoms with van der Waals surface area (Å²) in [6, 6.07) is 8.34. The van der Waals surface area contributed by atoms with Gasteiger partial charge in [0.05, 0.1) is 22.0 Å². The molecule has 34 heavy (non-hydrogen) atoms. The van der Waals surface area contributed by atoms with Crippen molar-refractivity contribution < 1.29 is 18.0 Å². The van der Waals surface area contributed by atoms with Crippen molar-refractivity contribution in [3.05, 3.63) is 62.1 Å². The van der Waals surface area contributed by atoms with Gasteiger partial charge in [0.25, 0.3) is 0 Å². The Balaban J connectivity index is 2.45.